The van der Waals surface area contributed by atoms with E-state index in [1.807, 2.05) is 6.08 Å². The van der Waals surface area contributed by atoms with E-state index in [0.29, 0.717) is 19.4 Å². The Morgan fingerprint density at radius 2 is 0.706 bits per heavy atom. The fourth-order valence-electron chi connectivity index (χ4n) is 9.50. The lowest BCUT2D eigenvalue weighted by molar-refractivity contribution is -0.143. The van der Waals surface area contributed by atoms with E-state index in [2.05, 4.69) is 31.3 Å². The largest absolute Gasteiger partial charge is 0.466 e. The molecule has 3 N–H and O–H groups in total. The zero-order valence-corrected chi connectivity index (χ0v) is 45.9. The minimum atomic E-state index is -0.838. The maximum Gasteiger partial charge on any atom is 0.305 e. The van der Waals surface area contributed by atoms with Gasteiger partial charge in [-0.2, -0.15) is 0 Å². The molecule has 0 spiro atoms. The second-order valence-corrected chi connectivity index (χ2v) is 21.0. The number of hydrogen-bond donors (Lipinski definition) is 3. The minimum absolute atomic E-state index is 0.00915. The first-order valence-electron chi connectivity index (χ1n) is 30.6. The van der Waals surface area contributed by atoms with Crippen molar-refractivity contribution >= 4 is 11.9 Å². The van der Waals surface area contributed by atoms with Crippen LogP contribution in [0, 0.1) is 0 Å². The van der Waals surface area contributed by atoms with Gasteiger partial charge in [0.15, 0.2) is 0 Å². The molecule has 0 aliphatic rings. The lowest BCUT2D eigenvalue weighted by Crippen LogP contribution is -2.45. The number of esters is 1. The molecule has 2 unspecified atom stereocenters. The summed E-state index contributed by atoms with van der Waals surface area (Å²) in [5.74, 6) is -0.0565. The summed E-state index contributed by atoms with van der Waals surface area (Å²) in [5, 5.41) is 22.9. The number of aliphatic hydroxyl groups is 2. The highest BCUT2D eigenvalue weighted by Crippen LogP contribution is 2.18. The maximum atomic E-state index is 12.4. The monoisotopic (exact) mass is 958 g/mol. The van der Waals surface area contributed by atoms with Crippen LogP contribution in [0.5, 0.6) is 0 Å². The van der Waals surface area contributed by atoms with Gasteiger partial charge >= 0.3 is 5.97 Å². The topological polar surface area (TPSA) is 95.9 Å². The number of carbonyl (C=O) groups is 2. The zero-order chi connectivity index (χ0) is 49.3. The highest BCUT2D eigenvalue weighted by atomic mass is 16.5. The molecule has 402 valence electrons. The Morgan fingerprint density at radius 1 is 0.397 bits per heavy atom. The first-order valence-corrected chi connectivity index (χ1v) is 30.6. The summed E-state index contributed by atoms with van der Waals surface area (Å²) < 4.78 is 5.46. The molecule has 0 aromatic heterocycles. The van der Waals surface area contributed by atoms with Crippen LogP contribution in [0.2, 0.25) is 0 Å². The molecule has 68 heavy (non-hydrogen) atoms. The van der Waals surface area contributed by atoms with Crippen LogP contribution in [-0.4, -0.2) is 47.4 Å². The van der Waals surface area contributed by atoms with E-state index in [9.17, 15) is 19.8 Å². The lowest BCUT2D eigenvalue weighted by Gasteiger charge is -2.20. The van der Waals surface area contributed by atoms with Gasteiger partial charge in [-0.05, 0) is 51.4 Å². The van der Waals surface area contributed by atoms with Crippen molar-refractivity contribution in [1.82, 2.24) is 5.32 Å². The number of rotatable bonds is 57. The van der Waals surface area contributed by atoms with Crippen LogP contribution in [0.15, 0.2) is 24.3 Å². The van der Waals surface area contributed by atoms with Gasteiger partial charge in [-0.3, -0.25) is 9.59 Å². The summed E-state index contributed by atoms with van der Waals surface area (Å²) in [5.41, 5.74) is 0. The van der Waals surface area contributed by atoms with E-state index in [1.165, 1.54) is 263 Å². The van der Waals surface area contributed by atoms with Crippen molar-refractivity contribution in [2.24, 2.45) is 0 Å². The van der Waals surface area contributed by atoms with E-state index in [1.54, 1.807) is 6.08 Å². The summed E-state index contributed by atoms with van der Waals surface area (Å²) in [6.07, 6.45) is 71.0. The molecule has 0 radical (unpaired) electrons. The highest BCUT2D eigenvalue weighted by molar-refractivity contribution is 5.76. The summed E-state index contributed by atoms with van der Waals surface area (Å²) in [7, 11) is 0. The Balaban J connectivity index is 3.30. The number of carbonyl (C=O) groups excluding carboxylic acids is 2. The van der Waals surface area contributed by atoms with Gasteiger partial charge in [0.25, 0.3) is 0 Å². The molecule has 6 nitrogen and oxygen atoms in total. The summed E-state index contributed by atoms with van der Waals surface area (Å²) in [6, 6.07) is -0.622. The Morgan fingerprint density at radius 3 is 1.09 bits per heavy atom. The fourth-order valence-corrected chi connectivity index (χ4v) is 9.50. The predicted octanol–water partition coefficient (Wildman–Crippen LogP) is 19.0. The number of allylic oxidation sites excluding steroid dienone is 3. The predicted molar refractivity (Wildman–Crippen MR) is 296 cm³/mol. The molecule has 0 saturated carbocycles. The molecule has 2 atom stereocenters. The minimum Gasteiger partial charge on any atom is -0.466 e. The molecule has 0 saturated heterocycles. The van der Waals surface area contributed by atoms with Gasteiger partial charge in [-0.15, -0.1) is 0 Å². The molecule has 0 aliphatic heterocycles. The van der Waals surface area contributed by atoms with Gasteiger partial charge in [0, 0.05) is 12.8 Å². The van der Waals surface area contributed by atoms with E-state index in [-0.39, 0.29) is 18.5 Å². The first kappa shape index (κ1) is 66.3. The standard InChI is InChI=1S/C62H119NO5/c1-3-5-7-9-11-13-35-40-44-48-52-56-62(67)68-57-53-49-45-41-37-34-32-30-28-26-24-22-20-18-16-14-15-17-19-21-23-25-27-29-31-33-36-39-43-47-51-55-61(66)63-59(58-64)60(65)54-50-46-42-38-12-10-8-6-4-2/h9,11,50,54,59-60,64-65H,3-8,10,12-49,51-53,55-58H2,1-2H3,(H,63,66)/b11-9-,54-50+. The van der Waals surface area contributed by atoms with E-state index >= 15 is 0 Å². The van der Waals surface area contributed by atoms with Crippen molar-refractivity contribution in [2.45, 2.75) is 347 Å². The van der Waals surface area contributed by atoms with Crippen LogP contribution in [-0.2, 0) is 14.3 Å². The van der Waals surface area contributed by atoms with Crippen molar-refractivity contribution in [1.29, 1.82) is 0 Å². The molecular formula is C62H119NO5. The third-order valence-electron chi connectivity index (χ3n) is 14.2. The smallest absolute Gasteiger partial charge is 0.305 e. The summed E-state index contributed by atoms with van der Waals surface area (Å²) in [4.78, 5) is 24.4. The summed E-state index contributed by atoms with van der Waals surface area (Å²) in [6.45, 7) is 4.85. The third-order valence-corrected chi connectivity index (χ3v) is 14.2. The number of amides is 1. The molecule has 6 heteroatoms. The van der Waals surface area contributed by atoms with Crippen LogP contribution in [0.4, 0.5) is 0 Å². The van der Waals surface area contributed by atoms with Crippen LogP contribution >= 0.6 is 0 Å². The fraction of sp³-hybridized carbons (Fsp3) is 0.903. The maximum absolute atomic E-state index is 12.4. The van der Waals surface area contributed by atoms with Gasteiger partial charge in [0.2, 0.25) is 5.91 Å². The Hall–Kier alpha value is -1.66. The average molecular weight is 959 g/mol. The third kappa shape index (κ3) is 53.7. The van der Waals surface area contributed by atoms with Gasteiger partial charge in [-0.25, -0.2) is 0 Å². The van der Waals surface area contributed by atoms with Crippen molar-refractivity contribution in [3.8, 4) is 0 Å². The van der Waals surface area contributed by atoms with Crippen molar-refractivity contribution < 1.29 is 24.5 Å². The highest BCUT2D eigenvalue weighted by Gasteiger charge is 2.18. The van der Waals surface area contributed by atoms with Gasteiger partial charge < -0.3 is 20.3 Å². The van der Waals surface area contributed by atoms with E-state index in [4.69, 9.17) is 4.74 Å². The van der Waals surface area contributed by atoms with Crippen LogP contribution in [0.3, 0.4) is 0 Å². The Kier molecular flexibility index (Phi) is 56.5. The number of unbranched alkanes of at least 4 members (excludes halogenated alkanes) is 44. The quantitative estimate of drug-likeness (QED) is 0.0321. The second-order valence-electron chi connectivity index (χ2n) is 21.0. The van der Waals surface area contributed by atoms with Gasteiger partial charge in [0.05, 0.1) is 25.4 Å². The SMILES string of the molecule is CCCC/C=C\CCCCCCCC(=O)OCCCCCCCCCCCCCCCCCCCCCCCCCCCCCCCCCC(=O)NC(CO)C(O)/C=C/CCCCCCCCC. The average Bonchev–Trinajstić information content (AvgIpc) is 3.34. The second kappa shape index (κ2) is 57.9. The molecule has 0 aliphatic carbocycles. The molecule has 0 bridgehead atoms. The van der Waals surface area contributed by atoms with E-state index in [0.717, 1.165) is 44.9 Å². The Labute approximate surface area is 424 Å². The van der Waals surface area contributed by atoms with E-state index < -0.39 is 12.1 Å². The normalized spacial score (nSPS) is 12.7. The molecule has 0 heterocycles. The van der Waals surface area contributed by atoms with Gasteiger partial charge in [0.1, 0.15) is 0 Å². The number of nitrogens with one attached hydrogen (secondary N) is 1. The molecule has 0 fully saturated rings. The van der Waals surface area contributed by atoms with Crippen molar-refractivity contribution in [3.05, 3.63) is 24.3 Å². The van der Waals surface area contributed by atoms with Gasteiger partial charge in [-0.1, -0.05) is 295 Å². The zero-order valence-electron chi connectivity index (χ0n) is 45.9. The van der Waals surface area contributed by atoms with Crippen molar-refractivity contribution in [3.63, 3.8) is 0 Å². The molecular weight excluding hydrogens is 839 g/mol. The number of ether oxygens (including phenoxy) is 1. The van der Waals surface area contributed by atoms with Crippen LogP contribution < -0.4 is 5.32 Å². The molecule has 0 rings (SSSR count). The number of aliphatic hydroxyl groups excluding tert-OH is 2. The van der Waals surface area contributed by atoms with Crippen molar-refractivity contribution in [2.75, 3.05) is 13.2 Å². The summed E-state index contributed by atoms with van der Waals surface area (Å²) >= 11 is 0. The van der Waals surface area contributed by atoms with Crippen LogP contribution in [0.25, 0.3) is 0 Å². The Bertz CT molecular complexity index is 1060. The lowest BCUT2D eigenvalue weighted by atomic mass is 10.0. The first-order chi connectivity index (χ1) is 33.5. The molecule has 0 aromatic rings. The molecule has 0 aromatic carbocycles. The molecule has 1 amide bonds. The number of hydrogen-bond acceptors (Lipinski definition) is 5. The van der Waals surface area contributed by atoms with Crippen LogP contribution in [0.1, 0.15) is 335 Å².